The van der Waals surface area contributed by atoms with Gasteiger partial charge in [0, 0.05) is 17.1 Å². The van der Waals surface area contributed by atoms with Crippen LogP contribution in [0.5, 0.6) is 0 Å². The largest absolute Gasteiger partial charge is 0.256 e. The number of hydrogen-bond donors (Lipinski definition) is 0. The summed E-state index contributed by atoms with van der Waals surface area (Å²) in [6, 6.07) is 24.5. The van der Waals surface area contributed by atoms with Crippen LogP contribution in [0.3, 0.4) is 0 Å². The molecule has 0 saturated heterocycles. The summed E-state index contributed by atoms with van der Waals surface area (Å²) in [6.07, 6.45) is 6.37. The Morgan fingerprint density at radius 2 is 1.37 bits per heavy atom. The number of pyridine rings is 1. The zero-order valence-corrected chi connectivity index (χ0v) is 16.7. The first-order valence-electron chi connectivity index (χ1n) is 11.3. The molecule has 0 N–H and O–H groups in total. The first-order valence-corrected chi connectivity index (χ1v) is 10.8. The van der Waals surface area contributed by atoms with Gasteiger partial charge in [0.25, 0.3) is 0 Å². The van der Waals surface area contributed by atoms with Crippen LogP contribution in [0.25, 0.3) is 43.9 Å². The van der Waals surface area contributed by atoms with Gasteiger partial charge in [-0.05, 0) is 93.4 Å². The Morgan fingerprint density at radius 3 is 2.17 bits per heavy atom. The van der Waals surface area contributed by atoms with E-state index in [9.17, 15) is 0 Å². The molecule has 142 valence electrons. The second kappa shape index (κ2) is 6.03. The first-order chi connectivity index (χ1) is 15.3. The van der Waals surface area contributed by atoms with E-state index in [1.807, 2.05) is 24.4 Å². The molecule has 5 aromatic rings. The molecule has 1 nitrogen and oxygen atoms in total. The van der Waals surface area contributed by atoms with Crippen molar-refractivity contribution in [1.29, 1.82) is 0 Å². The van der Waals surface area contributed by atoms with E-state index >= 15 is 0 Å². The van der Waals surface area contributed by atoms with Gasteiger partial charge in [-0.1, -0.05) is 54.6 Å². The maximum atomic E-state index is 8.08. The van der Waals surface area contributed by atoms with Crippen molar-refractivity contribution in [3.63, 3.8) is 0 Å². The molecule has 0 atom stereocenters. The molecule has 0 amide bonds. The fourth-order valence-electron chi connectivity index (χ4n) is 5.65. The second-order valence-electron chi connectivity index (χ2n) is 8.59. The van der Waals surface area contributed by atoms with Crippen molar-refractivity contribution in [1.82, 2.24) is 4.98 Å². The van der Waals surface area contributed by atoms with E-state index in [0.717, 1.165) is 36.8 Å². The average Bonchev–Trinajstić information content (AvgIpc) is 2.82. The third kappa shape index (κ3) is 2.21. The lowest BCUT2D eigenvalue weighted by Crippen LogP contribution is -2.14. The van der Waals surface area contributed by atoms with Gasteiger partial charge in [0.05, 0.1) is 7.06 Å². The van der Waals surface area contributed by atoms with Crippen LogP contribution in [0.15, 0.2) is 79.0 Å². The molecule has 0 bridgehead atoms. The summed E-state index contributed by atoms with van der Waals surface area (Å²) in [6.45, 7) is 0. The highest BCUT2D eigenvalue weighted by Gasteiger charge is 2.26. The average molecular weight is 385 g/mol. The van der Waals surface area contributed by atoms with E-state index < -0.39 is 0 Å². The van der Waals surface area contributed by atoms with Crippen LogP contribution in [-0.2, 0) is 25.7 Å². The molecule has 1 heterocycles. The van der Waals surface area contributed by atoms with Crippen LogP contribution in [0.2, 0.25) is 0 Å². The Labute approximate surface area is 177 Å². The molecule has 1 aromatic heterocycles. The summed E-state index contributed by atoms with van der Waals surface area (Å²) in [7, 11) is 0. The van der Waals surface area contributed by atoms with Crippen molar-refractivity contribution in [3.05, 3.63) is 101 Å². The van der Waals surface area contributed by atoms with Crippen molar-refractivity contribution < 1.29 is 1.37 Å². The zero-order chi connectivity index (χ0) is 20.5. The molecule has 0 saturated carbocycles. The van der Waals surface area contributed by atoms with Crippen LogP contribution in [-0.4, -0.2) is 4.98 Å². The highest BCUT2D eigenvalue weighted by Crippen LogP contribution is 2.44. The lowest BCUT2D eigenvalue weighted by molar-refractivity contribution is 0.877. The number of benzene rings is 4. The topological polar surface area (TPSA) is 12.9 Å². The summed E-state index contributed by atoms with van der Waals surface area (Å²) in [5, 5.41) is 4.65. The lowest BCUT2D eigenvalue weighted by atomic mass is 9.74. The smallest absolute Gasteiger partial charge is 0.0780 e. The highest BCUT2D eigenvalue weighted by atomic mass is 14.7. The fourth-order valence-corrected chi connectivity index (χ4v) is 5.65. The summed E-state index contributed by atoms with van der Waals surface area (Å²) in [4.78, 5) is 4.84. The molecule has 2 aliphatic rings. The summed E-state index contributed by atoms with van der Waals surface area (Å²) >= 11 is 0. The molecule has 4 aromatic carbocycles. The predicted molar refractivity (Wildman–Crippen MR) is 125 cm³/mol. The summed E-state index contributed by atoms with van der Waals surface area (Å²) in [5.74, 6) is 0. The molecule has 30 heavy (non-hydrogen) atoms. The van der Waals surface area contributed by atoms with Crippen molar-refractivity contribution in [2.45, 2.75) is 25.7 Å². The van der Waals surface area contributed by atoms with Crippen molar-refractivity contribution in [2.75, 3.05) is 0 Å². The van der Waals surface area contributed by atoms with E-state index in [4.69, 9.17) is 6.35 Å². The van der Waals surface area contributed by atoms with E-state index in [2.05, 4.69) is 48.5 Å². The van der Waals surface area contributed by atoms with Crippen LogP contribution in [0.4, 0.5) is 0 Å². The quantitative estimate of drug-likeness (QED) is 0.286. The molecular weight excluding hydrogens is 362 g/mol. The zero-order valence-electron chi connectivity index (χ0n) is 17.7. The van der Waals surface area contributed by atoms with Gasteiger partial charge in [0.2, 0.25) is 0 Å². The maximum absolute atomic E-state index is 8.08. The standard InChI is InChI=1S/C29H21N/c1-2-7-24-18(4-1)12-13-26-25(24)14-15-30-29(26)23-16-21-10-8-19-5-3-6-20-9-11-22(17-23)28(21)27(19)20/h1-7,12-17H,8-11H2/i2D. The van der Waals surface area contributed by atoms with Gasteiger partial charge >= 0.3 is 0 Å². The monoisotopic (exact) mass is 384 g/mol. The fraction of sp³-hybridized carbons (Fsp3) is 0.138. The van der Waals surface area contributed by atoms with Gasteiger partial charge in [-0.2, -0.15) is 0 Å². The van der Waals surface area contributed by atoms with Gasteiger partial charge in [0.15, 0.2) is 0 Å². The Balaban J connectivity index is 1.49. The highest BCUT2D eigenvalue weighted by molar-refractivity contribution is 6.11. The Kier molecular flexibility index (Phi) is 3.09. The van der Waals surface area contributed by atoms with Crippen molar-refractivity contribution in [2.24, 2.45) is 0 Å². The predicted octanol–water partition coefficient (Wildman–Crippen LogP) is 6.92. The molecule has 0 spiro atoms. The molecule has 0 fully saturated rings. The minimum absolute atomic E-state index is 0.547. The SMILES string of the molecule is [2H]c1ccc2ccc3c(-c4cc5c6c(c4)CCc4cccc(c4-6)CC5)nccc3c2c1. The minimum Gasteiger partial charge on any atom is -0.256 e. The van der Waals surface area contributed by atoms with Gasteiger partial charge in [-0.25, -0.2) is 0 Å². The normalized spacial score (nSPS) is 14.6. The van der Waals surface area contributed by atoms with E-state index in [1.54, 1.807) is 0 Å². The number of hydrogen-bond acceptors (Lipinski definition) is 1. The number of fused-ring (bicyclic) bond motifs is 3. The lowest BCUT2D eigenvalue weighted by Gasteiger charge is -2.30. The van der Waals surface area contributed by atoms with Crippen LogP contribution in [0, 0.1) is 0 Å². The van der Waals surface area contributed by atoms with Gasteiger partial charge in [-0.3, -0.25) is 4.98 Å². The first kappa shape index (κ1) is 15.4. The summed E-state index contributed by atoms with van der Waals surface area (Å²) < 4.78 is 8.08. The second-order valence-corrected chi connectivity index (χ2v) is 8.59. The molecule has 1 heteroatoms. The van der Waals surface area contributed by atoms with Gasteiger partial charge < -0.3 is 0 Å². The molecule has 2 aliphatic carbocycles. The van der Waals surface area contributed by atoms with E-state index in [1.165, 1.54) is 55.1 Å². The summed E-state index contributed by atoms with van der Waals surface area (Å²) in [5.41, 5.74) is 11.3. The maximum Gasteiger partial charge on any atom is 0.0780 e. The number of aryl methyl sites for hydroxylation is 4. The van der Waals surface area contributed by atoms with Crippen LogP contribution >= 0.6 is 0 Å². The molecule has 0 radical (unpaired) electrons. The van der Waals surface area contributed by atoms with E-state index in [0.29, 0.717) is 6.04 Å². The van der Waals surface area contributed by atoms with E-state index in [-0.39, 0.29) is 0 Å². The number of nitrogens with zero attached hydrogens (tertiary/aromatic N) is 1. The number of aromatic nitrogens is 1. The third-order valence-electron chi connectivity index (χ3n) is 7.00. The van der Waals surface area contributed by atoms with Gasteiger partial charge in [0.1, 0.15) is 0 Å². The number of rotatable bonds is 1. The van der Waals surface area contributed by atoms with Crippen LogP contribution in [0.1, 0.15) is 23.6 Å². The molecule has 0 aliphatic heterocycles. The molecular formula is C29H21N. The molecule has 7 rings (SSSR count). The Morgan fingerprint density at radius 1 is 0.633 bits per heavy atom. The Bertz CT molecular complexity index is 1500. The minimum atomic E-state index is 0.547. The third-order valence-corrected chi connectivity index (χ3v) is 7.00. The van der Waals surface area contributed by atoms with Crippen molar-refractivity contribution in [3.8, 4) is 22.4 Å². The van der Waals surface area contributed by atoms with Crippen molar-refractivity contribution >= 4 is 21.5 Å². The van der Waals surface area contributed by atoms with Gasteiger partial charge in [-0.15, -0.1) is 0 Å². The Hall–Kier alpha value is -3.45. The van der Waals surface area contributed by atoms with Crippen LogP contribution < -0.4 is 0 Å². The molecule has 0 unspecified atom stereocenters.